The lowest BCUT2D eigenvalue weighted by molar-refractivity contribution is -0.164. The van der Waals surface area contributed by atoms with E-state index in [0.717, 1.165) is 0 Å². The fraction of sp³-hybridized carbons (Fsp3) is 0.750. The molecule has 14 heteroatoms. The zero-order chi connectivity index (χ0) is 21.2. The van der Waals surface area contributed by atoms with Crippen LogP contribution < -0.4 is 0 Å². The number of carbonyl (C=O) groups is 3. The molecule has 0 amide bonds. The Hall–Kier alpha value is -1.75. The van der Waals surface area contributed by atoms with Gasteiger partial charge in [0.2, 0.25) is 0 Å². The van der Waals surface area contributed by atoms with E-state index in [4.69, 9.17) is 56.2 Å². The highest BCUT2D eigenvalue weighted by atomic mass is 16.4. The molecule has 0 aromatic heterocycles. The molecule has 0 spiro atoms. The van der Waals surface area contributed by atoms with E-state index < -0.39 is 67.4 Å². The van der Waals surface area contributed by atoms with Gasteiger partial charge in [-0.05, 0) is 0 Å². The van der Waals surface area contributed by atoms with Gasteiger partial charge in [-0.2, -0.15) is 0 Å². The first-order valence-electron chi connectivity index (χ1n) is 6.79. The van der Waals surface area contributed by atoms with Gasteiger partial charge in [0, 0.05) is 0 Å². The Morgan fingerprint density at radius 1 is 0.692 bits per heavy atom. The third-order valence-corrected chi connectivity index (χ3v) is 2.92. The topological polar surface area (TPSA) is 274 Å². The Morgan fingerprint density at radius 2 is 1.04 bits per heavy atom. The van der Waals surface area contributed by atoms with Crippen LogP contribution in [0.3, 0.4) is 0 Å². The van der Waals surface area contributed by atoms with Crippen LogP contribution in [-0.2, 0) is 14.4 Å². The van der Waals surface area contributed by atoms with E-state index in [1.807, 2.05) is 0 Å². The Morgan fingerprint density at radius 3 is 1.31 bits per heavy atom. The normalized spacial score (nSPS) is 20.2. The van der Waals surface area contributed by atoms with Crippen LogP contribution in [0.4, 0.5) is 0 Å². The van der Waals surface area contributed by atoms with Gasteiger partial charge in [0.15, 0.2) is 18.5 Å². The number of aliphatic hydroxyl groups is 9. The van der Waals surface area contributed by atoms with Crippen molar-refractivity contribution in [3.63, 3.8) is 0 Å². The van der Waals surface area contributed by atoms with Crippen LogP contribution in [0.15, 0.2) is 0 Å². The molecule has 0 fully saturated rings. The molecular formula is C12H22O14. The van der Waals surface area contributed by atoms with Crippen LogP contribution in [0, 0.1) is 0 Å². The SMILES string of the molecule is O=C(O)C(O)C(O)C(O)C(O)CO.O=CC(O)C(O)C(O)C(O)C(=O)O. The average molecular weight is 390 g/mol. The maximum atomic E-state index is 10.1. The fourth-order valence-corrected chi connectivity index (χ4v) is 1.28. The number of aliphatic carboxylic acids is 2. The van der Waals surface area contributed by atoms with E-state index in [1.165, 1.54) is 0 Å². The van der Waals surface area contributed by atoms with Crippen molar-refractivity contribution in [2.24, 2.45) is 0 Å². The van der Waals surface area contributed by atoms with Gasteiger partial charge in [-0.15, -0.1) is 0 Å². The summed E-state index contributed by atoms with van der Waals surface area (Å²) in [4.78, 5) is 30.0. The molecule has 0 rings (SSSR count). The summed E-state index contributed by atoms with van der Waals surface area (Å²) in [5.74, 6) is -3.48. The molecule has 0 aromatic rings. The van der Waals surface area contributed by atoms with E-state index in [0.29, 0.717) is 0 Å². The van der Waals surface area contributed by atoms with Gasteiger partial charge >= 0.3 is 11.9 Å². The van der Waals surface area contributed by atoms with Crippen molar-refractivity contribution in [1.82, 2.24) is 0 Å². The summed E-state index contributed by atoms with van der Waals surface area (Å²) in [6, 6.07) is 0. The van der Waals surface area contributed by atoms with E-state index in [2.05, 4.69) is 0 Å². The lowest BCUT2D eigenvalue weighted by Crippen LogP contribution is -2.48. The first-order chi connectivity index (χ1) is 11.8. The molecule has 14 nitrogen and oxygen atoms in total. The molecule has 0 saturated carbocycles. The van der Waals surface area contributed by atoms with Gasteiger partial charge in [-0.3, -0.25) is 0 Å². The molecule has 0 bridgehead atoms. The van der Waals surface area contributed by atoms with Crippen molar-refractivity contribution in [2.45, 2.75) is 48.8 Å². The van der Waals surface area contributed by atoms with Crippen molar-refractivity contribution >= 4 is 18.2 Å². The van der Waals surface area contributed by atoms with Gasteiger partial charge < -0.3 is 61.0 Å². The van der Waals surface area contributed by atoms with Crippen molar-refractivity contribution in [1.29, 1.82) is 0 Å². The molecule has 0 heterocycles. The molecule has 0 aromatic carbocycles. The Bertz CT molecular complexity index is 442. The summed E-state index contributed by atoms with van der Waals surface area (Å²) < 4.78 is 0. The number of carboxylic acids is 2. The average Bonchev–Trinajstić information content (AvgIpc) is 2.62. The molecular weight excluding hydrogens is 368 g/mol. The third kappa shape index (κ3) is 8.56. The van der Waals surface area contributed by atoms with Gasteiger partial charge in [-0.1, -0.05) is 0 Å². The van der Waals surface area contributed by atoms with Crippen molar-refractivity contribution in [3.8, 4) is 0 Å². The van der Waals surface area contributed by atoms with Crippen LogP contribution in [0.1, 0.15) is 0 Å². The smallest absolute Gasteiger partial charge is 0.335 e. The third-order valence-electron chi connectivity index (χ3n) is 2.92. The molecule has 26 heavy (non-hydrogen) atoms. The zero-order valence-corrected chi connectivity index (χ0v) is 13.0. The lowest BCUT2D eigenvalue weighted by atomic mass is 10.0. The van der Waals surface area contributed by atoms with Crippen molar-refractivity contribution in [2.75, 3.05) is 6.61 Å². The van der Waals surface area contributed by atoms with Crippen LogP contribution >= 0.6 is 0 Å². The minimum atomic E-state index is -2.25. The largest absolute Gasteiger partial charge is 0.479 e. The molecule has 154 valence electrons. The summed E-state index contributed by atoms with van der Waals surface area (Å²) in [5, 5.41) is 95.0. The number of aldehydes is 1. The second-order valence-electron chi connectivity index (χ2n) is 4.91. The molecule has 11 N–H and O–H groups in total. The number of aliphatic hydroxyl groups excluding tert-OH is 9. The van der Waals surface area contributed by atoms with Crippen LogP contribution in [0.25, 0.3) is 0 Å². The molecule has 8 unspecified atom stereocenters. The second kappa shape index (κ2) is 12.6. The molecule has 0 radical (unpaired) electrons. The number of hydrogen-bond acceptors (Lipinski definition) is 12. The predicted molar refractivity (Wildman–Crippen MR) is 76.5 cm³/mol. The molecule has 0 aliphatic carbocycles. The van der Waals surface area contributed by atoms with E-state index in [1.54, 1.807) is 0 Å². The number of carboxylic acid groups (broad SMARTS) is 2. The second-order valence-corrected chi connectivity index (χ2v) is 4.91. The summed E-state index contributed by atoms with van der Waals surface area (Å²) in [6.07, 6.45) is -16.2. The number of carbonyl (C=O) groups excluding carboxylic acids is 1. The van der Waals surface area contributed by atoms with E-state index in [-0.39, 0.29) is 6.29 Å². The predicted octanol–water partition coefficient (Wildman–Crippen LogP) is -6.78. The minimum Gasteiger partial charge on any atom is -0.479 e. The Balaban J connectivity index is 0. The highest BCUT2D eigenvalue weighted by molar-refractivity contribution is 5.73. The first-order valence-corrected chi connectivity index (χ1v) is 6.79. The number of hydrogen-bond donors (Lipinski definition) is 11. The van der Waals surface area contributed by atoms with E-state index in [9.17, 15) is 14.4 Å². The number of rotatable bonds is 10. The van der Waals surface area contributed by atoms with Crippen LogP contribution in [-0.4, -0.2) is 130 Å². The first kappa shape index (κ1) is 26.5. The molecule has 0 aliphatic rings. The van der Waals surface area contributed by atoms with Gasteiger partial charge in [-0.25, -0.2) is 9.59 Å². The standard InChI is InChI=1S/C6H12O7.C6H10O7/c2*7-1-2(8)3(9)4(10)5(11)6(12)13/h2-5,7-11H,1H2,(H,12,13);1-5,8-11H,(H,12,13). The zero-order valence-electron chi connectivity index (χ0n) is 13.0. The summed E-state index contributed by atoms with van der Waals surface area (Å²) in [6.45, 7) is -0.843. The molecule has 0 saturated heterocycles. The minimum absolute atomic E-state index is 0.0809. The monoisotopic (exact) mass is 390 g/mol. The molecule has 8 atom stereocenters. The Labute approximate surface area is 145 Å². The van der Waals surface area contributed by atoms with Gasteiger partial charge in [0.1, 0.15) is 36.6 Å². The quantitative estimate of drug-likeness (QED) is 0.155. The molecule has 0 aliphatic heterocycles. The highest BCUT2D eigenvalue weighted by Crippen LogP contribution is 2.05. The summed E-state index contributed by atoms with van der Waals surface area (Å²) in [5.41, 5.74) is 0. The van der Waals surface area contributed by atoms with Crippen molar-refractivity contribution in [3.05, 3.63) is 0 Å². The maximum absolute atomic E-state index is 10.1. The van der Waals surface area contributed by atoms with Crippen molar-refractivity contribution < 1.29 is 70.6 Å². The van der Waals surface area contributed by atoms with Crippen LogP contribution in [0.2, 0.25) is 0 Å². The fourth-order valence-electron chi connectivity index (χ4n) is 1.28. The maximum Gasteiger partial charge on any atom is 0.335 e. The van der Waals surface area contributed by atoms with Gasteiger partial charge in [0.25, 0.3) is 0 Å². The van der Waals surface area contributed by atoms with Crippen LogP contribution in [0.5, 0.6) is 0 Å². The summed E-state index contributed by atoms with van der Waals surface area (Å²) >= 11 is 0. The highest BCUT2D eigenvalue weighted by Gasteiger charge is 2.34. The van der Waals surface area contributed by atoms with Gasteiger partial charge in [0.05, 0.1) is 6.61 Å². The Kier molecular flexibility index (Phi) is 12.8. The van der Waals surface area contributed by atoms with E-state index >= 15 is 0 Å². The lowest BCUT2D eigenvalue weighted by Gasteiger charge is -2.23. The summed E-state index contributed by atoms with van der Waals surface area (Å²) in [7, 11) is 0.